The zero-order valence-electron chi connectivity index (χ0n) is 40.7. The molecule has 14 heteroatoms. The standard InChI is InChI=1S/2C28H34F3NO3/c2*1-16-3-10-23(11-4-16)35-25-12-7-18-5-6-19(15-24(18)26(25)28(29,30)31)17(2)32-21-8-9-22(32)14-20(13-21)27(33)34/h2*5-7,12,15-17,20-23H,3-4,8-11,13-14H2,1-2H3,(H,33,34)/t2*16?,17-,20?,21?,22?,23?/m10/s1. The molecular formula is C56H68F6N2O6. The van der Waals surface area contributed by atoms with Crippen molar-refractivity contribution in [2.75, 3.05) is 0 Å². The number of piperidine rings is 2. The van der Waals surface area contributed by atoms with Crippen molar-refractivity contribution in [2.24, 2.45) is 23.7 Å². The zero-order chi connectivity index (χ0) is 49.8. The average Bonchev–Trinajstić information content (AvgIpc) is 3.73. The molecule has 4 aromatic carbocycles. The second-order valence-electron chi connectivity index (χ2n) is 21.9. The molecule has 8 nitrogen and oxygen atoms in total. The van der Waals surface area contributed by atoms with Crippen LogP contribution in [0.3, 0.4) is 0 Å². The number of aliphatic carboxylic acids is 2. The van der Waals surface area contributed by atoms with Gasteiger partial charge in [0.1, 0.15) is 22.6 Å². The first-order valence-electron chi connectivity index (χ1n) is 25.8. The fourth-order valence-corrected chi connectivity index (χ4v) is 13.4. The van der Waals surface area contributed by atoms with Crippen molar-refractivity contribution in [3.63, 3.8) is 0 Å². The first-order valence-corrected chi connectivity index (χ1v) is 25.8. The molecule has 4 unspecified atom stereocenters. The number of hydrogen-bond donors (Lipinski definition) is 2. The maximum atomic E-state index is 14.4. The Balaban J connectivity index is 0.000000174. The third kappa shape index (κ3) is 10.5. The molecule has 2 saturated carbocycles. The van der Waals surface area contributed by atoms with Crippen molar-refractivity contribution < 1.29 is 55.6 Å². The minimum absolute atomic E-state index is 0.0725. The molecule has 2 aliphatic carbocycles. The second-order valence-corrected chi connectivity index (χ2v) is 21.9. The highest BCUT2D eigenvalue weighted by atomic mass is 19.4. The summed E-state index contributed by atoms with van der Waals surface area (Å²) in [4.78, 5) is 27.8. The highest BCUT2D eigenvalue weighted by Crippen LogP contribution is 2.49. The minimum Gasteiger partial charge on any atom is -0.490 e. The van der Waals surface area contributed by atoms with Crippen LogP contribution >= 0.6 is 0 Å². The quantitative estimate of drug-likeness (QED) is 0.152. The number of alkyl halides is 6. The largest absolute Gasteiger partial charge is 0.490 e. The number of carboxylic acids is 2. The van der Waals surface area contributed by atoms with Gasteiger partial charge in [0.25, 0.3) is 0 Å². The molecule has 380 valence electrons. The molecule has 4 heterocycles. The molecule has 0 spiro atoms. The first kappa shape index (κ1) is 50.4. The van der Waals surface area contributed by atoms with Gasteiger partial charge >= 0.3 is 24.3 Å². The summed E-state index contributed by atoms with van der Waals surface area (Å²) in [5.41, 5.74) is 0.292. The van der Waals surface area contributed by atoms with Crippen LogP contribution in [0.1, 0.15) is 165 Å². The molecule has 6 atom stereocenters. The summed E-state index contributed by atoms with van der Waals surface area (Å²) in [6.45, 7) is 8.41. The van der Waals surface area contributed by atoms with Gasteiger partial charge in [-0.25, -0.2) is 0 Å². The average molecular weight is 979 g/mol. The number of benzene rings is 4. The van der Waals surface area contributed by atoms with E-state index in [1.165, 1.54) is 12.1 Å². The molecule has 4 bridgehead atoms. The smallest absolute Gasteiger partial charge is 0.420 e. The van der Waals surface area contributed by atoms with Crippen LogP contribution in [0.25, 0.3) is 21.5 Å². The predicted molar refractivity (Wildman–Crippen MR) is 257 cm³/mol. The van der Waals surface area contributed by atoms with Crippen LogP contribution in [-0.2, 0) is 21.9 Å². The lowest BCUT2D eigenvalue weighted by molar-refractivity contribution is -0.145. The Labute approximate surface area is 407 Å². The van der Waals surface area contributed by atoms with Crippen molar-refractivity contribution in [2.45, 2.75) is 191 Å². The second kappa shape index (κ2) is 20.2. The maximum absolute atomic E-state index is 14.4. The number of halogens is 6. The number of carbonyl (C=O) groups is 2. The summed E-state index contributed by atoms with van der Waals surface area (Å²) < 4.78 is 98.3. The van der Waals surface area contributed by atoms with E-state index in [-0.39, 0.29) is 82.6 Å². The topological polar surface area (TPSA) is 99.5 Å². The van der Waals surface area contributed by atoms with Crippen molar-refractivity contribution in [1.82, 2.24) is 9.80 Å². The van der Waals surface area contributed by atoms with Gasteiger partial charge in [0.05, 0.1) is 24.0 Å². The lowest BCUT2D eigenvalue weighted by atomic mass is 9.88. The summed E-state index contributed by atoms with van der Waals surface area (Å²) in [5, 5.41) is 20.4. The highest BCUT2D eigenvalue weighted by molar-refractivity contribution is 5.90. The molecule has 4 aromatic rings. The molecule has 4 aliphatic heterocycles. The highest BCUT2D eigenvalue weighted by Gasteiger charge is 2.47. The number of rotatable bonds is 10. The number of fused-ring (bicyclic) bond motifs is 6. The lowest BCUT2D eigenvalue weighted by Gasteiger charge is -2.41. The molecule has 6 fully saturated rings. The van der Waals surface area contributed by atoms with E-state index in [2.05, 4.69) is 23.6 Å². The van der Waals surface area contributed by atoms with Crippen LogP contribution in [0.5, 0.6) is 11.5 Å². The van der Waals surface area contributed by atoms with E-state index in [0.29, 0.717) is 48.3 Å². The number of hydrogen-bond acceptors (Lipinski definition) is 6. The van der Waals surface area contributed by atoms with Crippen LogP contribution in [0.2, 0.25) is 0 Å². The van der Waals surface area contributed by atoms with Gasteiger partial charge < -0.3 is 19.7 Å². The molecule has 2 N–H and O–H groups in total. The minimum atomic E-state index is -4.53. The maximum Gasteiger partial charge on any atom is 0.420 e. The molecule has 10 rings (SSSR count). The molecular weight excluding hydrogens is 911 g/mol. The zero-order valence-corrected chi connectivity index (χ0v) is 40.7. The summed E-state index contributed by atoms with van der Waals surface area (Å²) in [7, 11) is 0. The molecule has 0 aromatic heterocycles. The number of nitrogens with zero attached hydrogens (tertiary/aromatic N) is 2. The van der Waals surface area contributed by atoms with Crippen LogP contribution in [0.4, 0.5) is 26.3 Å². The predicted octanol–water partition coefficient (Wildman–Crippen LogP) is 14.4. The molecule has 0 amide bonds. The van der Waals surface area contributed by atoms with Crippen molar-refractivity contribution in [3.8, 4) is 11.5 Å². The van der Waals surface area contributed by atoms with Gasteiger partial charge in [-0.2, -0.15) is 26.3 Å². The van der Waals surface area contributed by atoms with Gasteiger partial charge in [-0.1, -0.05) is 50.2 Å². The fraction of sp³-hybridized carbons (Fsp3) is 0.607. The van der Waals surface area contributed by atoms with Crippen LogP contribution in [0, 0.1) is 23.7 Å². The van der Waals surface area contributed by atoms with Crippen LogP contribution < -0.4 is 9.47 Å². The van der Waals surface area contributed by atoms with Gasteiger partial charge in [0.15, 0.2) is 0 Å². The van der Waals surface area contributed by atoms with Gasteiger partial charge in [-0.15, -0.1) is 0 Å². The van der Waals surface area contributed by atoms with E-state index >= 15 is 0 Å². The van der Waals surface area contributed by atoms with E-state index in [4.69, 9.17) is 9.47 Å². The number of ether oxygens (including phenoxy) is 2. The lowest BCUT2D eigenvalue weighted by Crippen LogP contribution is -2.45. The molecule has 70 heavy (non-hydrogen) atoms. The van der Waals surface area contributed by atoms with E-state index in [1.807, 2.05) is 26.0 Å². The van der Waals surface area contributed by atoms with Crippen LogP contribution in [0.15, 0.2) is 60.7 Å². The Bertz CT molecular complexity index is 2330. The summed E-state index contributed by atoms with van der Waals surface area (Å²) in [6, 6.07) is 17.6. The van der Waals surface area contributed by atoms with Crippen LogP contribution in [-0.4, -0.2) is 68.3 Å². The van der Waals surface area contributed by atoms with Gasteiger partial charge in [-0.05, 0) is 185 Å². The van der Waals surface area contributed by atoms with Crippen molar-refractivity contribution in [3.05, 3.63) is 82.9 Å². The normalized spacial score (nSPS) is 30.4. The van der Waals surface area contributed by atoms with Gasteiger partial charge in [0, 0.05) is 36.3 Å². The van der Waals surface area contributed by atoms with Crippen molar-refractivity contribution in [1.29, 1.82) is 0 Å². The van der Waals surface area contributed by atoms with E-state index in [0.717, 1.165) is 88.2 Å². The fourth-order valence-electron chi connectivity index (χ4n) is 13.4. The van der Waals surface area contributed by atoms with Crippen molar-refractivity contribution >= 4 is 33.5 Å². The first-order chi connectivity index (χ1) is 33.2. The molecule has 6 aliphatic rings. The van der Waals surface area contributed by atoms with Gasteiger partial charge in [0.2, 0.25) is 0 Å². The van der Waals surface area contributed by atoms with E-state index in [9.17, 15) is 46.1 Å². The number of carboxylic acid groups (broad SMARTS) is 2. The Hall–Kier alpha value is -4.56. The van der Waals surface area contributed by atoms with E-state index < -0.39 is 35.4 Å². The Morgan fingerprint density at radius 2 is 0.829 bits per heavy atom. The summed E-state index contributed by atoms with van der Waals surface area (Å²) >= 11 is 0. The third-order valence-electron chi connectivity index (χ3n) is 17.2. The SMILES string of the molecule is CC1CCC(Oc2ccc3ccc([C@@H](C)N4C5CCC4CC(C(=O)O)C5)cc3c2C(F)(F)F)CC1.CC1CCC(Oc2ccc3ccc([C@H](C)N4C5CCC4CC(C(=O)O)C5)cc3c2C(F)(F)F)CC1. The van der Waals surface area contributed by atoms with Gasteiger partial charge in [-0.3, -0.25) is 19.4 Å². The Kier molecular flexibility index (Phi) is 14.5. The summed E-state index contributed by atoms with van der Waals surface area (Å²) in [5.74, 6) is -1.10. The molecule has 0 radical (unpaired) electrons. The van der Waals surface area contributed by atoms with E-state index in [1.54, 1.807) is 36.4 Å². The third-order valence-corrected chi connectivity index (χ3v) is 17.2. The Morgan fingerprint density at radius 3 is 1.13 bits per heavy atom. The Morgan fingerprint density at radius 1 is 0.514 bits per heavy atom. The summed E-state index contributed by atoms with van der Waals surface area (Å²) in [6.07, 6.45) is 3.79. The monoisotopic (exact) mass is 978 g/mol. The molecule has 4 saturated heterocycles.